The molecule has 0 aliphatic carbocycles. The zero-order valence-corrected chi connectivity index (χ0v) is 17.2. The molecule has 0 aliphatic rings. The van der Waals surface area contributed by atoms with E-state index in [4.69, 9.17) is 0 Å². The summed E-state index contributed by atoms with van der Waals surface area (Å²) in [6.45, 7) is 5.33. The second kappa shape index (κ2) is 10.6. The van der Waals surface area contributed by atoms with Crippen LogP contribution in [0.3, 0.4) is 0 Å². The Balaban J connectivity index is 1.88. The molecule has 2 aromatic carbocycles. The van der Waals surface area contributed by atoms with Crippen molar-refractivity contribution >= 4 is 11.8 Å². The SMILES string of the molecule is CC[C@H](CNC(=O)[C@H](C)N(C)Cc1ccc(C(=O)NC)cc1)c1ccccc1. The van der Waals surface area contributed by atoms with Crippen molar-refractivity contribution in [2.24, 2.45) is 0 Å². The minimum atomic E-state index is -0.244. The molecule has 0 radical (unpaired) electrons. The molecule has 2 rings (SSSR count). The first kappa shape index (κ1) is 21.6. The minimum absolute atomic E-state index is 0.0267. The van der Waals surface area contributed by atoms with Gasteiger partial charge >= 0.3 is 0 Å². The third-order valence-corrected chi connectivity index (χ3v) is 5.20. The fourth-order valence-corrected chi connectivity index (χ4v) is 3.13. The van der Waals surface area contributed by atoms with E-state index in [0.29, 0.717) is 24.6 Å². The van der Waals surface area contributed by atoms with E-state index < -0.39 is 0 Å². The van der Waals surface area contributed by atoms with Crippen molar-refractivity contribution in [3.8, 4) is 0 Å². The number of likely N-dealkylation sites (N-methyl/N-ethyl adjacent to an activating group) is 1. The average Bonchev–Trinajstić information content (AvgIpc) is 2.74. The zero-order chi connectivity index (χ0) is 20.5. The van der Waals surface area contributed by atoms with Crippen molar-refractivity contribution < 1.29 is 9.59 Å². The quantitative estimate of drug-likeness (QED) is 0.701. The predicted molar refractivity (Wildman–Crippen MR) is 113 cm³/mol. The molecule has 0 aliphatic heterocycles. The van der Waals surface area contributed by atoms with Crippen molar-refractivity contribution in [2.45, 2.75) is 38.8 Å². The number of nitrogens with zero attached hydrogens (tertiary/aromatic N) is 1. The lowest BCUT2D eigenvalue weighted by molar-refractivity contribution is -0.125. The van der Waals surface area contributed by atoms with Crippen molar-refractivity contribution in [3.05, 3.63) is 71.3 Å². The molecule has 2 aromatic rings. The highest BCUT2D eigenvalue weighted by Crippen LogP contribution is 2.18. The lowest BCUT2D eigenvalue weighted by Crippen LogP contribution is -2.44. The van der Waals surface area contributed by atoms with E-state index in [9.17, 15) is 9.59 Å². The first-order valence-electron chi connectivity index (χ1n) is 9.80. The molecule has 5 heteroatoms. The van der Waals surface area contributed by atoms with E-state index in [1.165, 1.54) is 5.56 Å². The predicted octanol–water partition coefficient (Wildman–Crippen LogP) is 3.18. The molecule has 28 heavy (non-hydrogen) atoms. The zero-order valence-electron chi connectivity index (χ0n) is 17.2. The van der Waals surface area contributed by atoms with Gasteiger partial charge in [0.2, 0.25) is 5.91 Å². The van der Waals surface area contributed by atoms with E-state index in [-0.39, 0.29) is 17.9 Å². The number of hydrogen-bond acceptors (Lipinski definition) is 3. The molecule has 5 nitrogen and oxygen atoms in total. The lowest BCUT2D eigenvalue weighted by Gasteiger charge is -2.25. The largest absolute Gasteiger partial charge is 0.355 e. The van der Waals surface area contributed by atoms with Gasteiger partial charge in [-0.3, -0.25) is 14.5 Å². The topological polar surface area (TPSA) is 61.4 Å². The van der Waals surface area contributed by atoms with Crippen molar-refractivity contribution in [1.82, 2.24) is 15.5 Å². The number of carbonyl (C=O) groups is 2. The van der Waals surface area contributed by atoms with E-state index in [1.54, 1.807) is 19.2 Å². The maximum Gasteiger partial charge on any atom is 0.251 e. The van der Waals surface area contributed by atoms with Crippen LogP contribution in [0.15, 0.2) is 54.6 Å². The summed E-state index contributed by atoms with van der Waals surface area (Å²) in [7, 11) is 3.55. The number of nitrogens with one attached hydrogen (secondary N) is 2. The number of benzene rings is 2. The molecule has 2 amide bonds. The molecule has 0 heterocycles. The van der Waals surface area contributed by atoms with Crippen molar-refractivity contribution in [2.75, 3.05) is 20.6 Å². The smallest absolute Gasteiger partial charge is 0.251 e. The van der Waals surface area contributed by atoms with Crippen LogP contribution in [0.2, 0.25) is 0 Å². The van der Waals surface area contributed by atoms with Gasteiger partial charge in [0.1, 0.15) is 0 Å². The second-order valence-corrected chi connectivity index (χ2v) is 7.13. The van der Waals surface area contributed by atoms with Crippen LogP contribution >= 0.6 is 0 Å². The van der Waals surface area contributed by atoms with Gasteiger partial charge in [-0.15, -0.1) is 0 Å². The monoisotopic (exact) mass is 381 g/mol. The lowest BCUT2D eigenvalue weighted by atomic mass is 9.96. The van der Waals surface area contributed by atoms with Crippen molar-refractivity contribution in [3.63, 3.8) is 0 Å². The number of hydrogen-bond donors (Lipinski definition) is 2. The van der Waals surface area contributed by atoms with Crippen LogP contribution in [0, 0.1) is 0 Å². The normalized spacial score (nSPS) is 13.0. The molecule has 0 spiro atoms. The Morgan fingerprint density at radius 2 is 1.68 bits per heavy atom. The molecular formula is C23H31N3O2. The van der Waals surface area contributed by atoms with Gasteiger partial charge in [-0.05, 0) is 43.7 Å². The second-order valence-electron chi connectivity index (χ2n) is 7.13. The molecule has 0 unspecified atom stereocenters. The van der Waals surface area contributed by atoms with Gasteiger partial charge in [0.05, 0.1) is 6.04 Å². The Morgan fingerprint density at radius 3 is 2.25 bits per heavy atom. The third kappa shape index (κ3) is 5.92. The van der Waals surface area contributed by atoms with Gasteiger partial charge in [0, 0.05) is 31.6 Å². The number of rotatable bonds is 9. The summed E-state index contributed by atoms with van der Waals surface area (Å²) in [6, 6.07) is 17.5. The molecule has 0 aromatic heterocycles. The van der Waals surface area contributed by atoms with Crippen LogP contribution in [0.5, 0.6) is 0 Å². The van der Waals surface area contributed by atoms with Crippen LogP contribution in [0.4, 0.5) is 0 Å². The van der Waals surface area contributed by atoms with Crippen molar-refractivity contribution in [1.29, 1.82) is 0 Å². The Morgan fingerprint density at radius 1 is 1.04 bits per heavy atom. The summed E-state index contributed by atoms with van der Waals surface area (Å²) in [5, 5.41) is 5.71. The Labute approximate surface area is 168 Å². The molecule has 0 saturated carbocycles. The highest BCUT2D eigenvalue weighted by molar-refractivity contribution is 5.93. The van der Waals surface area contributed by atoms with E-state index in [1.807, 2.05) is 49.2 Å². The first-order valence-corrected chi connectivity index (χ1v) is 9.80. The standard InChI is InChI=1S/C23H31N3O2/c1-5-19(20-9-7-6-8-10-20)15-25-22(27)17(2)26(4)16-18-11-13-21(14-12-18)23(28)24-3/h6-14,17,19H,5,15-16H2,1-4H3,(H,24,28)(H,25,27)/t17-,19+/m0/s1. The summed E-state index contributed by atoms with van der Waals surface area (Å²) in [5.74, 6) is 0.246. The number of amides is 2. The maximum atomic E-state index is 12.6. The Hall–Kier alpha value is -2.66. The van der Waals surface area contributed by atoms with Crippen LogP contribution in [-0.4, -0.2) is 43.4 Å². The third-order valence-electron chi connectivity index (χ3n) is 5.20. The Bertz CT molecular complexity index is 759. The summed E-state index contributed by atoms with van der Waals surface area (Å²) >= 11 is 0. The van der Waals surface area contributed by atoms with E-state index in [0.717, 1.165) is 12.0 Å². The van der Waals surface area contributed by atoms with Crippen LogP contribution in [0.25, 0.3) is 0 Å². The summed E-state index contributed by atoms with van der Waals surface area (Å²) in [6.07, 6.45) is 0.978. The summed E-state index contributed by atoms with van der Waals surface area (Å²) in [4.78, 5) is 26.2. The van der Waals surface area contributed by atoms with Gasteiger partial charge in [0.25, 0.3) is 5.91 Å². The molecule has 150 valence electrons. The molecule has 2 atom stereocenters. The highest BCUT2D eigenvalue weighted by Gasteiger charge is 2.19. The van der Waals surface area contributed by atoms with Gasteiger partial charge in [0.15, 0.2) is 0 Å². The molecule has 0 saturated heterocycles. The fourth-order valence-electron chi connectivity index (χ4n) is 3.13. The first-order chi connectivity index (χ1) is 13.5. The molecule has 2 N–H and O–H groups in total. The van der Waals surface area contributed by atoms with Gasteiger partial charge in [-0.25, -0.2) is 0 Å². The van der Waals surface area contributed by atoms with E-state index >= 15 is 0 Å². The van der Waals surface area contributed by atoms with Crippen LogP contribution in [0.1, 0.15) is 47.7 Å². The summed E-state index contributed by atoms with van der Waals surface area (Å²) in [5.41, 5.74) is 2.94. The van der Waals surface area contributed by atoms with Gasteiger partial charge in [-0.1, -0.05) is 49.4 Å². The number of carbonyl (C=O) groups excluding carboxylic acids is 2. The average molecular weight is 382 g/mol. The minimum Gasteiger partial charge on any atom is -0.355 e. The summed E-state index contributed by atoms with van der Waals surface area (Å²) < 4.78 is 0. The van der Waals surface area contributed by atoms with Crippen LogP contribution in [-0.2, 0) is 11.3 Å². The van der Waals surface area contributed by atoms with Gasteiger partial charge in [-0.2, -0.15) is 0 Å². The molecule has 0 fully saturated rings. The molecular weight excluding hydrogens is 350 g/mol. The fraction of sp³-hybridized carbons (Fsp3) is 0.391. The molecule has 0 bridgehead atoms. The highest BCUT2D eigenvalue weighted by atomic mass is 16.2. The van der Waals surface area contributed by atoms with Crippen LogP contribution < -0.4 is 10.6 Å². The Kier molecular flexibility index (Phi) is 8.20. The van der Waals surface area contributed by atoms with Gasteiger partial charge < -0.3 is 10.6 Å². The van der Waals surface area contributed by atoms with E-state index in [2.05, 4.69) is 29.7 Å². The maximum absolute atomic E-state index is 12.6.